The highest BCUT2D eigenvalue weighted by Crippen LogP contribution is 2.55. The van der Waals surface area contributed by atoms with Crippen molar-refractivity contribution in [2.24, 2.45) is 17.8 Å². The average molecular weight is 446 g/mol. The molecule has 33 heavy (non-hydrogen) atoms. The van der Waals surface area contributed by atoms with E-state index >= 15 is 0 Å². The Bertz CT molecular complexity index is 1160. The molecular weight excluding hydrogens is 414 g/mol. The first-order valence-electron chi connectivity index (χ1n) is 11.8. The molecule has 0 aliphatic heterocycles. The summed E-state index contributed by atoms with van der Waals surface area (Å²) in [5, 5.41) is 7.26. The van der Waals surface area contributed by atoms with Gasteiger partial charge in [0.25, 0.3) is 0 Å². The minimum absolute atomic E-state index is 0.223. The number of nitrogens with one attached hydrogen (secondary N) is 1. The van der Waals surface area contributed by atoms with Gasteiger partial charge in [-0.15, -0.1) is 0 Å². The smallest absolute Gasteiger partial charge is 0.225 e. The van der Waals surface area contributed by atoms with Crippen LogP contribution in [0.5, 0.6) is 0 Å². The average Bonchev–Trinajstić information content (AvgIpc) is 3.48. The number of hydrogen-bond donors (Lipinski definition) is 1. The van der Waals surface area contributed by atoms with Gasteiger partial charge in [-0.1, -0.05) is 42.3 Å². The van der Waals surface area contributed by atoms with Crippen molar-refractivity contribution in [2.75, 3.05) is 19.0 Å². The molecule has 5 rings (SSSR count). The first-order valence-corrected chi connectivity index (χ1v) is 11.8. The zero-order chi connectivity index (χ0) is 23.1. The van der Waals surface area contributed by atoms with Gasteiger partial charge in [0.1, 0.15) is 0 Å². The number of carbonyl (C=O) groups excluding carboxylic acids is 1. The predicted molar refractivity (Wildman–Crippen MR) is 128 cm³/mol. The number of benzene rings is 1. The van der Waals surface area contributed by atoms with E-state index in [2.05, 4.69) is 27.6 Å². The molecule has 2 saturated carbocycles. The van der Waals surface area contributed by atoms with Crippen molar-refractivity contribution in [1.82, 2.24) is 20.4 Å². The fraction of sp³-hybridized carbons (Fsp3) is 0.462. The maximum absolute atomic E-state index is 12.6. The van der Waals surface area contributed by atoms with Crippen molar-refractivity contribution >= 4 is 11.9 Å². The lowest BCUT2D eigenvalue weighted by atomic mass is 10.0. The highest BCUT2D eigenvalue weighted by Gasteiger charge is 2.54. The first-order chi connectivity index (χ1) is 15.9. The molecule has 2 aliphatic rings. The minimum Gasteiger partial charge on any atom is -0.356 e. The minimum atomic E-state index is 0.223. The number of carbonyl (C=O) groups is 1. The van der Waals surface area contributed by atoms with E-state index in [1.165, 1.54) is 25.7 Å². The Morgan fingerprint density at radius 1 is 1.12 bits per heavy atom. The Morgan fingerprint density at radius 3 is 2.42 bits per heavy atom. The van der Waals surface area contributed by atoms with Gasteiger partial charge in [-0.2, -0.15) is 0 Å². The van der Waals surface area contributed by atoms with Crippen molar-refractivity contribution in [2.45, 2.75) is 46.1 Å². The Morgan fingerprint density at radius 2 is 1.82 bits per heavy atom. The molecule has 1 N–H and O–H groups in total. The van der Waals surface area contributed by atoms with E-state index in [1.807, 2.05) is 45.0 Å². The Balaban J connectivity index is 1.35. The summed E-state index contributed by atoms with van der Waals surface area (Å²) in [6.45, 7) is 4.47. The number of nitrogens with zero attached hydrogens (tertiary/aromatic N) is 4. The summed E-state index contributed by atoms with van der Waals surface area (Å²) < 4.78 is 5.61. The maximum Gasteiger partial charge on any atom is 0.225 e. The molecule has 0 spiro atoms. The number of aryl methyl sites for hydroxylation is 1. The standard InChI is InChI=1S/C26H31N5O2/c1-15-16(2)30-33-24(15)21-14-28-26(31(3)4)29-23(21)18-11-9-17(10-12-18)13-27-25(32)22-19-7-5-6-8-20(19)22/h9-12,14,19-20,22H,5-8,13H2,1-4H3,(H,27,32)/t19-,20-/m0/s1. The fourth-order valence-electron chi connectivity index (χ4n) is 5.11. The highest BCUT2D eigenvalue weighted by molar-refractivity contribution is 5.82. The molecule has 2 aromatic heterocycles. The molecule has 2 heterocycles. The molecule has 2 fully saturated rings. The van der Waals surface area contributed by atoms with E-state index in [-0.39, 0.29) is 11.8 Å². The molecule has 0 radical (unpaired) electrons. The summed E-state index contributed by atoms with van der Waals surface area (Å²) in [6, 6.07) is 8.19. The van der Waals surface area contributed by atoms with Crippen LogP contribution in [0.3, 0.4) is 0 Å². The summed E-state index contributed by atoms with van der Waals surface area (Å²) in [4.78, 5) is 23.8. The van der Waals surface area contributed by atoms with Crippen LogP contribution in [-0.4, -0.2) is 35.1 Å². The normalized spacial score (nSPS) is 21.4. The number of fused-ring (bicyclic) bond motifs is 1. The number of rotatable bonds is 6. The van der Waals surface area contributed by atoms with Crippen LogP contribution in [-0.2, 0) is 11.3 Å². The van der Waals surface area contributed by atoms with Crippen LogP contribution in [0.2, 0.25) is 0 Å². The second-order valence-corrected chi connectivity index (χ2v) is 9.60. The van der Waals surface area contributed by atoms with Crippen molar-refractivity contribution in [3.63, 3.8) is 0 Å². The molecule has 0 bridgehead atoms. The van der Waals surface area contributed by atoms with Crippen molar-refractivity contribution < 1.29 is 9.32 Å². The first kappa shape index (κ1) is 21.6. The summed E-state index contributed by atoms with van der Waals surface area (Å²) in [7, 11) is 3.84. The summed E-state index contributed by atoms with van der Waals surface area (Å²) >= 11 is 0. The molecular formula is C26H31N5O2. The lowest BCUT2D eigenvalue weighted by Crippen LogP contribution is -2.25. The van der Waals surface area contributed by atoms with E-state index in [0.29, 0.717) is 30.1 Å². The Hall–Kier alpha value is -3.22. The number of aromatic nitrogens is 3. The van der Waals surface area contributed by atoms with Crippen molar-refractivity contribution in [1.29, 1.82) is 0 Å². The zero-order valence-corrected chi connectivity index (χ0v) is 19.8. The number of anilines is 1. The van der Waals surface area contributed by atoms with Gasteiger partial charge in [0.2, 0.25) is 11.9 Å². The molecule has 1 amide bonds. The van der Waals surface area contributed by atoms with E-state index in [9.17, 15) is 4.79 Å². The van der Waals surface area contributed by atoms with Crippen LogP contribution >= 0.6 is 0 Å². The van der Waals surface area contributed by atoms with Crippen LogP contribution in [0.4, 0.5) is 5.95 Å². The molecule has 7 heteroatoms. The van der Waals surface area contributed by atoms with Gasteiger partial charge < -0.3 is 14.7 Å². The summed E-state index contributed by atoms with van der Waals surface area (Å²) in [6.07, 6.45) is 6.80. The molecule has 0 saturated heterocycles. The van der Waals surface area contributed by atoms with Gasteiger partial charge in [-0.05, 0) is 44.1 Å². The van der Waals surface area contributed by atoms with Crippen molar-refractivity contribution in [3.05, 3.63) is 47.3 Å². The van der Waals surface area contributed by atoms with Crippen LogP contribution in [0.25, 0.3) is 22.6 Å². The van der Waals surface area contributed by atoms with E-state index < -0.39 is 0 Å². The molecule has 1 aromatic carbocycles. The second-order valence-electron chi connectivity index (χ2n) is 9.60. The number of amides is 1. The van der Waals surface area contributed by atoms with Crippen molar-refractivity contribution in [3.8, 4) is 22.6 Å². The van der Waals surface area contributed by atoms with Crippen LogP contribution in [0.1, 0.15) is 42.5 Å². The SMILES string of the molecule is Cc1noc(-c2cnc(N(C)C)nc2-c2ccc(CNC(=O)C3[C@H]4CCCC[C@H]34)cc2)c1C. The molecule has 7 nitrogen and oxygen atoms in total. The summed E-state index contributed by atoms with van der Waals surface area (Å²) in [5.74, 6) is 3.05. The van der Waals surface area contributed by atoms with E-state index in [0.717, 1.165) is 33.6 Å². The Labute approximate surface area is 194 Å². The van der Waals surface area contributed by atoms with Gasteiger partial charge in [0, 0.05) is 43.9 Å². The third-order valence-electron chi connectivity index (χ3n) is 7.23. The van der Waals surface area contributed by atoms with Gasteiger partial charge in [-0.3, -0.25) is 4.79 Å². The second kappa shape index (κ2) is 8.61. The van der Waals surface area contributed by atoms with Gasteiger partial charge in [0.05, 0.1) is 17.0 Å². The lowest BCUT2D eigenvalue weighted by Gasteiger charge is -2.14. The molecule has 172 valence electrons. The van der Waals surface area contributed by atoms with Crippen LogP contribution in [0, 0.1) is 31.6 Å². The summed E-state index contributed by atoms with van der Waals surface area (Å²) in [5.41, 5.74) is 5.49. The largest absolute Gasteiger partial charge is 0.356 e. The zero-order valence-electron chi connectivity index (χ0n) is 19.8. The highest BCUT2D eigenvalue weighted by atomic mass is 16.5. The molecule has 2 aliphatic carbocycles. The topological polar surface area (TPSA) is 84.2 Å². The van der Waals surface area contributed by atoms with E-state index in [4.69, 9.17) is 9.51 Å². The van der Waals surface area contributed by atoms with Crippen LogP contribution < -0.4 is 10.2 Å². The lowest BCUT2D eigenvalue weighted by molar-refractivity contribution is -0.123. The third-order valence-corrected chi connectivity index (χ3v) is 7.23. The monoisotopic (exact) mass is 445 g/mol. The molecule has 3 aromatic rings. The number of hydrogen-bond acceptors (Lipinski definition) is 6. The van der Waals surface area contributed by atoms with Gasteiger partial charge in [-0.25, -0.2) is 9.97 Å². The fourth-order valence-corrected chi connectivity index (χ4v) is 5.11. The van der Waals surface area contributed by atoms with Gasteiger partial charge >= 0.3 is 0 Å². The van der Waals surface area contributed by atoms with Crippen LogP contribution in [0.15, 0.2) is 35.0 Å². The maximum atomic E-state index is 12.6. The van der Waals surface area contributed by atoms with E-state index in [1.54, 1.807) is 6.20 Å². The molecule has 2 atom stereocenters. The van der Waals surface area contributed by atoms with Gasteiger partial charge in [0.15, 0.2) is 5.76 Å². The Kier molecular flexibility index (Phi) is 5.64. The quantitative estimate of drug-likeness (QED) is 0.600. The third kappa shape index (κ3) is 4.12. The predicted octanol–water partition coefficient (Wildman–Crippen LogP) is 4.53. The molecule has 0 unspecified atom stereocenters.